The number of hydrogen-bond acceptors (Lipinski definition) is 6. The number of halogens is 1. The van der Waals surface area contributed by atoms with Crippen LogP contribution in [-0.4, -0.2) is 30.7 Å². The lowest BCUT2D eigenvalue weighted by atomic mass is 10.2. The van der Waals surface area contributed by atoms with Gasteiger partial charge >= 0.3 is 5.97 Å². The van der Waals surface area contributed by atoms with Crippen molar-refractivity contribution in [2.24, 2.45) is 0 Å². The Hall–Kier alpha value is -3.06. The van der Waals surface area contributed by atoms with Gasteiger partial charge in [-0.05, 0) is 30.3 Å². The third-order valence-electron chi connectivity index (χ3n) is 3.56. The first-order valence-electron chi connectivity index (χ1n) is 7.69. The highest BCUT2D eigenvalue weighted by atomic mass is 35.5. The maximum absolute atomic E-state index is 12.0. The van der Waals surface area contributed by atoms with E-state index in [4.69, 9.17) is 25.6 Å². The molecular formula is C18H15ClN2O5. The zero-order valence-corrected chi connectivity index (χ0v) is 14.6. The number of nitrogens with zero attached hydrogens (tertiary/aromatic N) is 1. The van der Waals surface area contributed by atoms with Crippen molar-refractivity contribution >= 4 is 40.1 Å². The zero-order chi connectivity index (χ0) is 18.5. The molecular weight excluding hydrogens is 360 g/mol. The highest BCUT2D eigenvalue weighted by Gasteiger charge is 2.15. The van der Waals surface area contributed by atoms with E-state index >= 15 is 0 Å². The molecule has 0 saturated carbocycles. The van der Waals surface area contributed by atoms with Crippen LogP contribution in [0.2, 0.25) is 5.02 Å². The fourth-order valence-corrected chi connectivity index (χ4v) is 2.54. The van der Waals surface area contributed by atoms with Gasteiger partial charge in [0.15, 0.2) is 12.2 Å². The summed E-state index contributed by atoms with van der Waals surface area (Å²) in [5.41, 5.74) is 1.44. The molecule has 134 valence electrons. The van der Waals surface area contributed by atoms with Gasteiger partial charge in [-0.25, -0.2) is 0 Å². The standard InChI is InChI=1S/C18H15ClN2O5/c1-24-16-7-6-11(19)8-14(16)20-17(22)10-25-18(23)9-13-12-4-2-3-5-15(12)26-21-13/h2-8H,9-10H2,1H3,(H,20,22). The van der Waals surface area contributed by atoms with Crippen LogP contribution in [0.1, 0.15) is 5.69 Å². The molecule has 3 rings (SSSR count). The van der Waals surface area contributed by atoms with Crippen molar-refractivity contribution in [3.05, 3.63) is 53.2 Å². The number of carbonyl (C=O) groups is 2. The smallest absolute Gasteiger partial charge is 0.312 e. The Labute approximate surface area is 153 Å². The van der Waals surface area contributed by atoms with Gasteiger partial charge in [0.05, 0.1) is 19.2 Å². The molecule has 0 aliphatic heterocycles. The quantitative estimate of drug-likeness (QED) is 0.666. The molecule has 0 spiro atoms. The molecule has 0 unspecified atom stereocenters. The summed E-state index contributed by atoms with van der Waals surface area (Å²) in [6.45, 7) is -0.440. The second kappa shape index (κ2) is 7.88. The number of carbonyl (C=O) groups excluding carboxylic acids is 2. The molecule has 0 fully saturated rings. The van der Waals surface area contributed by atoms with E-state index in [-0.39, 0.29) is 6.42 Å². The number of para-hydroxylation sites is 1. The number of aromatic nitrogens is 1. The van der Waals surface area contributed by atoms with E-state index in [1.54, 1.807) is 30.3 Å². The minimum Gasteiger partial charge on any atom is -0.495 e. The molecule has 0 atom stereocenters. The average molecular weight is 375 g/mol. The van der Waals surface area contributed by atoms with Gasteiger partial charge in [-0.3, -0.25) is 9.59 Å². The molecule has 0 saturated heterocycles. The second-order valence-electron chi connectivity index (χ2n) is 5.36. The molecule has 0 bridgehead atoms. The molecule has 8 heteroatoms. The third kappa shape index (κ3) is 4.12. The zero-order valence-electron chi connectivity index (χ0n) is 13.8. The largest absolute Gasteiger partial charge is 0.495 e. The van der Waals surface area contributed by atoms with Crippen LogP contribution in [0.4, 0.5) is 5.69 Å². The van der Waals surface area contributed by atoms with Gasteiger partial charge in [-0.15, -0.1) is 0 Å². The number of fused-ring (bicyclic) bond motifs is 1. The molecule has 3 aromatic rings. The van der Waals surface area contributed by atoms with E-state index in [1.165, 1.54) is 7.11 Å². The number of hydrogen-bond donors (Lipinski definition) is 1. The number of nitrogens with one attached hydrogen (secondary N) is 1. The summed E-state index contributed by atoms with van der Waals surface area (Å²) in [4.78, 5) is 23.9. The maximum Gasteiger partial charge on any atom is 0.312 e. The Balaban J connectivity index is 1.56. The van der Waals surface area contributed by atoms with Gasteiger partial charge in [0.1, 0.15) is 11.4 Å². The summed E-state index contributed by atoms with van der Waals surface area (Å²) >= 11 is 5.90. The summed E-state index contributed by atoms with van der Waals surface area (Å²) in [7, 11) is 1.47. The molecule has 7 nitrogen and oxygen atoms in total. The highest BCUT2D eigenvalue weighted by Crippen LogP contribution is 2.27. The van der Waals surface area contributed by atoms with Crippen LogP contribution in [-0.2, 0) is 20.7 Å². The highest BCUT2D eigenvalue weighted by molar-refractivity contribution is 6.31. The second-order valence-corrected chi connectivity index (χ2v) is 5.79. The number of benzene rings is 2. The van der Waals surface area contributed by atoms with Crippen LogP contribution >= 0.6 is 11.6 Å². The van der Waals surface area contributed by atoms with Crippen molar-refractivity contribution in [2.45, 2.75) is 6.42 Å². The number of methoxy groups -OCH3 is 1. The van der Waals surface area contributed by atoms with Crippen LogP contribution in [0.5, 0.6) is 5.75 Å². The van der Waals surface area contributed by atoms with Gasteiger partial charge in [0.2, 0.25) is 0 Å². The predicted molar refractivity (Wildman–Crippen MR) is 95.3 cm³/mol. The number of amides is 1. The van der Waals surface area contributed by atoms with Crippen LogP contribution < -0.4 is 10.1 Å². The Morgan fingerprint density at radius 2 is 2.04 bits per heavy atom. The SMILES string of the molecule is COc1ccc(Cl)cc1NC(=O)COC(=O)Cc1noc2ccccc12. The summed E-state index contributed by atoms with van der Waals surface area (Å²) < 4.78 is 15.3. The van der Waals surface area contributed by atoms with E-state index in [9.17, 15) is 9.59 Å². The van der Waals surface area contributed by atoms with Crippen molar-refractivity contribution in [3.63, 3.8) is 0 Å². The van der Waals surface area contributed by atoms with E-state index in [1.807, 2.05) is 12.1 Å². The van der Waals surface area contributed by atoms with Gasteiger partial charge < -0.3 is 19.3 Å². The Morgan fingerprint density at radius 3 is 2.85 bits per heavy atom. The van der Waals surface area contributed by atoms with Gasteiger partial charge in [0.25, 0.3) is 5.91 Å². The lowest BCUT2D eigenvalue weighted by Crippen LogP contribution is -2.22. The van der Waals surface area contributed by atoms with Crippen molar-refractivity contribution < 1.29 is 23.6 Å². The van der Waals surface area contributed by atoms with Gasteiger partial charge in [-0.1, -0.05) is 28.9 Å². The van der Waals surface area contributed by atoms with Crippen LogP contribution in [0.15, 0.2) is 47.0 Å². The minimum absolute atomic E-state index is 0.0925. The Bertz CT molecular complexity index is 954. The third-order valence-corrected chi connectivity index (χ3v) is 3.80. The molecule has 0 radical (unpaired) electrons. The van der Waals surface area contributed by atoms with Crippen LogP contribution in [0, 0.1) is 0 Å². The molecule has 1 aromatic heterocycles. The van der Waals surface area contributed by atoms with Crippen LogP contribution in [0.3, 0.4) is 0 Å². The van der Waals surface area contributed by atoms with E-state index in [2.05, 4.69) is 10.5 Å². The van der Waals surface area contributed by atoms with Crippen molar-refractivity contribution in [3.8, 4) is 5.75 Å². The summed E-state index contributed by atoms with van der Waals surface area (Å²) in [6, 6.07) is 12.0. The Morgan fingerprint density at radius 1 is 1.23 bits per heavy atom. The molecule has 26 heavy (non-hydrogen) atoms. The molecule has 1 amide bonds. The average Bonchev–Trinajstić information content (AvgIpc) is 3.03. The molecule has 1 heterocycles. The first-order valence-corrected chi connectivity index (χ1v) is 8.07. The first kappa shape index (κ1) is 17.8. The minimum atomic E-state index is -0.586. The monoisotopic (exact) mass is 374 g/mol. The lowest BCUT2D eigenvalue weighted by Gasteiger charge is -2.10. The summed E-state index contributed by atoms with van der Waals surface area (Å²) in [5.74, 6) is -0.649. The van der Waals surface area contributed by atoms with E-state index in [0.29, 0.717) is 27.7 Å². The fourth-order valence-electron chi connectivity index (χ4n) is 2.36. The van der Waals surface area contributed by atoms with Crippen molar-refractivity contribution in [1.82, 2.24) is 5.16 Å². The van der Waals surface area contributed by atoms with Crippen molar-refractivity contribution in [1.29, 1.82) is 0 Å². The summed E-state index contributed by atoms with van der Waals surface area (Å²) in [6.07, 6.45) is -0.0925. The topological polar surface area (TPSA) is 90.7 Å². The van der Waals surface area contributed by atoms with E-state index in [0.717, 1.165) is 5.39 Å². The lowest BCUT2D eigenvalue weighted by molar-refractivity contribution is -0.146. The van der Waals surface area contributed by atoms with Crippen LogP contribution in [0.25, 0.3) is 11.0 Å². The fraction of sp³-hybridized carbons (Fsp3) is 0.167. The predicted octanol–water partition coefficient (Wildman–Crippen LogP) is 3.21. The van der Waals surface area contributed by atoms with Gasteiger partial charge in [0, 0.05) is 10.4 Å². The number of anilines is 1. The number of ether oxygens (including phenoxy) is 2. The number of esters is 1. The Kier molecular flexibility index (Phi) is 5.38. The first-order chi connectivity index (χ1) is 12.6. The summed E-state index contributed by atoms with van der Waals surface area (Å²) in [5, 5.41) is 7.62. The van der Waals surface area contributed by atoms with E-state index < -0.39 is 18.5 Å². The molecule has 1 N–H and O–H groups in total. The molecule has 0 aliphatic carbocycles. The number of rotatable bonds is 6. The van der Waals surface area contributed by atoms with Crippen molar-refractivity contribution in [2.75, 3.05) is 19.0 Å². The maximum atomic E-state index is 12.0. The molecule has 2 aromatic carbocycles. The molecule has 0 aliphatic rings. The normalized spacial score (nSPS) is 10.5. The van der Waals surface area contributed by atoms with Gasteiger partial charge in [-0.2, -0.15) is 0 Å².